The summed E-state index contributed by atoms with van der Waals surface area (Å²) in [6, 6.07) is 14.5. The van der Waals surface area contributed by atoms with E-state index in [4.69, 9.17) is 11.5 Å². The third-order valence-corrected chi connectivity index (χ3v) is 5.66. The molecule has 10 heteroatoms. The zero-order chi connectivity index (χ0) is 26.9. The third-order valence-electron chi connectivity index (χ3n) is 5.66. The molecule has 9 nitrogen and oxygen atoms in total. The van der Waals surface area contributed by atoms with Crippen molar-refractivity contribution in [2.24, 2.45) is 11.5 Å². The van der Waals surface area contributed by atoms with E-state index in [-0.39, 0.29) is 22.9 Å². The minimum absolute atomic E-state index is 0.102. The standard InChI is InChI=1S/C27H25FN6O3/c1-15-4-5-17(20-12-13-31-25(32-20)27(2,3)37)14-21(15)34(26(30)36)22-11-10-19(24(29)35)23(33-22)16-6-8-18(28)9-7-16/h4-14,37H,1-3H3,(H2,29,35)(H2,30,36). The summed E-state index contributed by atoms with van der Waals surface area (Å²) in [6.07, 6.45) is 1.54. The highest BCUT2D eigenvalue weighted by molar-refractivity contribution is 6.02. The van der Waals surface area contributed by atoms with Gasteiger partial charge in [0.15, 0.2) is 5.82 Å². The first kappa shape index (κ1) is 25.4. The maximum Gasteiger partial charge on any atom is 0.325 e. The number of urea groups is 1. The molecule has 0 unspecified atom stereocenters. The van der Waals surface area contributed by atoms with Crippen molar-refractivity contribution in [2.45, 2.75) is 26.4 Å². The van der Waals surface area contributed by atoms with Gasteiger partial charge in [0.2, 0.25) is 0 Å². The van der Waals surface area contributed by atoms with Crippen LogP contribution in [0.2, 0.25) is 0 Å². The first-order valence-electron chi connectivity index (χ1n) is 11.3. The Labute approximate surface area is 212 Å². The van der Waals surface area contributed by atoms with E-state index in [0.717, 1.165) is 0 Å². The van der Waals surface area contributed by atoms with Crippen molar-refractivity contribution in [3.63, 3.8) is 0 Å². The van der Waals surface area contributed by atoms with E-state index in [1.165, 1.54) is 41.3 Å². The van der Waals surface area contributed by atoms with Crippen molar-refractivity contribution in [1.82, 2.24) is 15.0 Å². The molecule has 0 atom stereocenters. The Morgan fingerprint density at radius 1 is 0.946 bits per heavy atom. The topological polar surface area (TPSA) is 148 Å². The molecular weight excluding hydrogens is 475 g/mol. The number of aryl methyl sites for hydroxylation is 1. The van der Waals surface area contributed by atoms with Crippen molar-refractivity contribution >= 4 is 23.4 Å². The zero-order valence-corrected chi connectivity index (χ0v) is 20.4. The van der Waals surface area contributed by atoms with Crippen molar-refractivity contribution in [1.29, 1.82) is 0 Å². The molecule has 0 aliphatic heterocycles. The van der Waals surface area contributed by atoms with Crippen molar-refractivity contribution in [3.05, 3.63) is 89.6 Å². The van der Waals surface area contributed by atoms with Crippen LogP contribution >= 0.6 is 0 Å². The summed E-state index contributed by atoms with van der Waals surface area (Å²) in [4.78, 5) is 39.1. The fourth-order valence-electron chi connectivity index (χ4n) is 3.78. The quantitative estimate of drug-likeness (QED) is 0.361. The number of nitrogens with two attached hydrogens (primary N) is 2. The lowest BCUT2D eigenvalue weighted by molar-refractivity contribution is 0.0688. The second-order valence-corrected chi connectivity index (χ2v) is 8.94. The van der Waals surface area contributed by atoms with Crippen LogP contribution in [0.4, 0.5) is 20.7 Å². The number of halogens is 1. The summed E-state index contributed by atoms with van der Waals surface area (Å²) in [5, 5.41) is 10.3. The molecule has 0 radical (unpaired) electrons. The summed E-state index contributed by atoms with van der Waals surface area (Å²) in [5.41, 5.74) is 13.1. The number of aliphatic hydroxyl groups is 1. The van der Waals surface area contributed by atoms with Gasteiger partial charge in [-0.1, -0.05) is 12.1 Å². The lowest BCUT2D eigenvalue weighted by Crippen LogP contribution is -2.33. The van der Waals surface area contributed by atoms with Crippen LogP contribution in [0.15, 0.2) is 66.9 Å². The second-order valence-electron chi connectivity index (χ2n) is 8.94. The number of primary amides is 2. The van der Waals surface area contributed by atoms with E-state index in [2.05, 4.69) is 15.0 Å². The van der Waals surface area contributed by atoms with E-state index in [1.54, 1.807) is 45.2 Å². The Kier molecular flexibility index (Phi) is 6.69. The minimum Gasteiger partial charge on any atom is -0.382 e. The van der Waals surface area contributed by atoms with Crippen molar-refractivity contribution in [3.8, 4) is 22.5 Å². The van der Waals surface area contributed by atoms with Gasteiger partial charge >= 0.3 is 6.03 Å². The molecule has 0 saturated carbocycles. The number of benzene rings is 2. The molecule has 5 N–H and O–H groups in total. The van der Waals surface area contributed by atoms with Crippen molar-refractivity contribution < 1.29 is 19.1 Å². The van der Waals surface area contributed by atoms with E-state index in [1.807, 2.05) is 6.07 Å². The van der Waals surface area contributed by atoms with Gasteiger partial charge in [-0.3, -0.25) is 4.79 Å². The zero-order valence-electron chi connectivity index (χ0n) is 20.4. The van der Waals surface area contributed by atoms with Gasteiger partial charge in [-0.2, -0.15) is 0 Å². The summed E-state index contributed by atoms with van der Waals surface area (Å²) >= 11 is 0. The van der Waals surface area contributed by atoms with Crippen LogP contribution in [-0.2, 0) is 5.60 Å². The molecular formula is C27H25FN6O3. The molecule has 188 valence electrons. The lowest BCUT2D eigenvalue weighted by atomic mass is 10.0. The largest absolute Gasteiger partial charge is 0.382 e. The average molecular weight is 501 g/mol. The summed E-state index contributed by atoms with van der Waals surface area (Å²) in [7, 11) is 0. The molecule has 3 amide bonds. The van der Waals surface area contributed by atoms with Crippen LogP contribution in [0.25, 0.3) is 22.5 Å². The number of hydrogen-bond donors (Lipinski definition) is 3. The number of carbonyl (C=O) groups excluding carboxylic acids is 2. The number of carbonyl (C=O) groups is 2. The van der Waals surface area contributed by atoms with Crippen molar-refractivity contribution in [2.75, 3.05) is 4.90 Å². The molecule has 2 heterocycles. The van der Waals surface area contributed by atoms with E-state index in [9.17, 15) is 19.1 Å². The lowest BCUT2D eigenvalue weighted by Gasteiger charge is -2.23. The Morgan fingerprint density at radius 2 is 1.62 bits per heavy atom. The fourth-order valence-corrected chi connectivity index (χ4v) is 3.78. The van der Waals surface area contributed by atoms with E-state index >= 15 is 0 Å². The highest BCUT2D eigenvalue weighted by Crippen LogP contribution is 2.34. The summed E-state index contributed by atoms with van der Waals surface area (Å²) < 4.78 is 13.5. The van der Waals surface area contributed by atoms with Gasteiger partial charge in [0.05, 0.1) is 22.6 Å². The van der Waals surface area contributed by atoms with Crippen LogP contribution < -0.4 is 16.4 Å². The van der Waals surface area contributed by atoms with Crippen LogP contribution in [0, 0.1) is 12.7 Å². The molecule has 0 spiro atoms. The number of nitrogens with zero attached hydrogens (tertiary/aromatic N) is 4. The van der Waals surface area contributed by atoms with Gasteiger partial charge in [-0.05, 0) is 74.9 Å². The SMILES string of the molecule is Cc1ccc(-c2ccnc(C(C)(C)O)n2)cc1N(C(N)=O)c1ccc(C(N)=O)c(-c2ccc(F)cc2)n1. The molecule has 2 aromatic carbocycles. The van der Waals surface area contributed by atoms with Gasteiger partial charge in [0.1, 0.15) is 17.2 Å². The predicted octanol–water partition coefficient (Wildman–Crippen LogP) is 4.20. The number of amides is 3. The van der Waals surface area contributed by atoms with Crippen LogP contribution in [0.1, 0.15) is 35.6 Å². The molecule has 0 bridgehead atoms. The number of anilines is 2. The Morgan fingerprint density at radius 3 is 2.24 bits per heavy atom. The normalized spacial score (nSPS) is 11.3. The van der Waals surface area contributed by atoms with Crippen LogP contribution in [-0.4, -0.2) is 32.0 Å². The molecule has 0 saturated heterocycles. The average Bonchev–Trinajstić information content (AvgIpc) is 2.85. The summed E-state index contributed by atoms with van der Waals surface area (Å²) in [6.45, 7) is 4.97. The monoisotopic (exact) mass is 500 g/mol. The van der Waals surface area contributed by atoms with Gasteiger partial charge in [0, 0.05) is 17.3 Å². The maximum absolute atomic E-state index is 13.5. The van der Waals surface area contributed by atoms with Gasteiger partial charge in [0.25, 0.3) is 5.91 Å². The Hall–Kier alpha value is -4.70. The van der Waals surface area contributed by atoms with E-state index in [0.29, 0.717) is 28.1 Å². The first-order chi connectivity index (χ1) is 17.5. The third kappa shape index (κ3) is 5.29. The molecule has 37 heavy (non-hydrogen) atoms. The number of pyridine rings is 1. The second kappa shape index (κ2) is 9.75. The van der Waals surface area contributed by atoms with Gasteiger partial charge in [-0.15, -0.1) is 0 Å². The smallest absolute Gasteiger partial charge is 0.325 e. The predicted molar refractivity (Wildman–Crippen MR) is 137 cm³/mol. The fraction of sp³-hybridized carbons (Fsp3) is 0.148. The van der Waals surface area contributed by atoms with Crippen LogP contribution in [0.3, 0.4) is 0 Å². The van der Waals surface area contributed by atoms with Gasteiger partial charge < -0.3 is 16.6 Å². The van der Waals surface area contributed by atoms with Crippen LogP contribution in [0.5, 0.6) is 0 Å². The number of aromatic nitrogens is 3. The van der Waals surface area contributed by atoms with Gasteiger partial charge in [-0.25, -0.2) is 29.0 Å². The molecule has 0 aliphatic rings. The Balaban J connectivity index is 1.86. The molecule has 4 aromatic rings. The molecule has 2 aromatic heterocycles. The minimum atomic E-state index is -1.24. The summed E-state index contributed by atoms with van der Waals surface area (Å²) in [5.74, 6) is -0.804. The highest BCUT2D eigenvalue weighted by Gasteiger charge is 2.24. The molecule has 4 rings (SSSR count). The van der Waals surface area contributed by atoms with E-state index < -0.39 is 23.4 Å². The first-order valence-corrected chi connectivity index (χ1v) is 11.3. The maximum atomic E-state index is 13.5. The molecule has 0 fully saturated rings. The molecule has 0 aliphatic carbocycles. The Bertz CT molecular complexity index is 1500. The number of rotatable bonds is 6. The highest BCUT2D eigenvalue weighted by atomic mass is 19.1. The number of hydrogen-bond acceptors (Lipinski definition) is 6.